The molecule has 0 aliphatic rings. The van der Waals surface area contributed by atoms with E-state index in [2.05, 4.69) is 10.6 Å². The Kier molecular flexibility index (Phi) is 7.21. The number of hydrogen-bond donors (Lipinski definition) is 2. The summed E-state index contributed by atoms with van der Waals surface area (Å²) in [5, 5.41) is 5.45. The highest BCUT2D eigenvalue weighted by atomic mass is 16.5. The molecule has 0 aromatic heterocycles. The summed E-state index contributed by atoms with van der Waals surface area (Å²) in [6, 6.07) is 13.5. The van der Waals surface area contributed by atoms with Crippen molar-refractivity contribution in [2.45, 2.75) is 33.1 Å². The second kappa shape index (κ2) is 9.61. The van der Waals surface area contributed by atoms with E-state index in [-0.39, 0.29) is 0 Å². The fraction of sp³-hybridized carbons (Fsp3) is 0.333. The zero-order chi connectivity index (χ0) is 18.9. The molecule has 2 aromatic rings. The fourth-order valence-corrected chi connectivity index (χ4v) is 2.77. The molecular formula is C21H26N2O3. The molecule has 0 unspecified atom stereocenters. The third kappa shape index (κ3) is 5.09. The van der Waals surface area contributed by atoms with Crippen LogP contribution in [0, 0.1) is 0 Å². The van der Waals surface area contributed by atoms with Crippen LogP contribution in [0.4, 0.5) is 5.69 Å². The Labute approximate surface area is 154 Å². The van der Waals surface area contributed by atoms with Crippen molar-refractivity contribution in [2.75, 3.05) is 19.0 Å². The molecule has 138 valence electrons. The maximum Gasteiger partial charge on any atom is 0.313 e. The van der Waals surface area contributed by atoms with Gasteiger partial charge in [-0.3, -0.25) is 9.59 Å². The number of aryl methyl sites for hydroxylation is 2. The van der Waals surface area contributed by atoms with Crippen LogP contribution in [0.15, 0.2) is 42.5 Å². The summed E-state index contributed by atoms with van der Waals surface area (Å²) >= 11 is 0. The SMILES string of the molecule is CCc1cccc(CC)c1NC(=O)C(=O)NCCc1ccc(OC)cc1. The predicted octanol–water partition coefficient (Wildman–Crippen LogP) is 3.12. The third-order valence-electron chi connectivity index (χ3n) is 4.30. The quantitative estimate of drug-likeness (QED) is 0.751. The minimum absolute atomic E-state index is 0.397. The Hall–Kier alpha value is -2.82. The molecule has 2 aromatic carbocycles. The van der Waals surface area contributed by atoms with Gasteiger partial charge in [0.15, 0.2) is 0 Å². The molecule has 2 rings (SSSR count). The standard InChI is InChI=1S/C21H26N2O3/c1-4-16-7-6-8-17(5-2)19(16)23-21(25)20(24)22-14-13-15-9-11-18(26-3)12-10-15/h6-12H,4-5,13-14H2,1-3H3,(H,22,24)(H,23,25). The second-order valence-corrected chi connectivity index (χ2v) is 5.97. The van der Waals surface area contributed by atoms with Gasteiger partial charge in [-0.05, 0) is 48.1 Å². The molecule has 0 atom stereocenters. The lowest BCUT2D eigenvalue weighted by Gasteiger charge is -2.14. The van der Waals surface area contributed by atoms with Gasteiger partial charge in [0.1, 0.15) is 5.75 Å². The molecule has 0 radical (unpaired) electrons. The van der Waals surface area contributed by atoms with Crippen molar-refractivity contribution in [1.29, 1.82) is 0 Å². The Balaban J connectivity index is 1.90. The number of amides is 2. The summed E-state index contributed by atoms with van der Waals surface area (Å²) in [4.78, 5) is 24.3. The van der Waals surface area contributed by atoms with E-state index in [9.17, 15) is 9.59 Å². The molecule has 0 saturated carbocycles. The largest absolute Gasteiger partial charge is 0.497 e. The molecule has 0 aliphatic heterocycles. The highest BCUT2D eigenvalue weighted by molar-refractivity contribution is 6.39. The first-order valence-electron chi connectivity index (χ1n) is 8.91. The molecule has 0 heterocycles. The van der Waals surface area contributed by atoms with E-state index in [0.717, 1.165) is 41.0 Å². The Morgan fingerprint density at radius 3 is 2.08 bits per heavy atom. The van der Waals surface area contributed by atoms with Crippen molar-refractivity contribution in [3.63, 3.8) is 0 Å². The average molecular weight is 354 g/mol. The van der Waals surface area contributed by atoms with Gasteiger partial charge in [0.2, 0.25) is 0 Å². The van der Waals surface area contributed by atoms with Crippen molar-refractivity contribution in [3.05, 3.63) is 59.2 Å². The number of benzene rings is 2. The van der Waals surface area contributed by atoms with E-state index in [1.807, 2.05) is 56.3 Å². The van der Waals surface area contributed by atoms with Gasteiger partial charge in [-0.15, -0.1) is 0 Å². The molecule has 26 heavy (non-hydrogen) atoms. The van der Waals surface area contributed by atoms with Gasteiger partial charge >= 0.3 is 11.8 Å². The normalized spacial score (nSPS) is 10.3. The lowest BCUT2D eigenvalue weighted by molar-refractivity contribution is -0.136. The van der Waals surface area contributed by atoms with E-state index in [4.69, 9.17) is 4.74 Å². The van der Waals surface area contributed by atoms with Crippen LogP contribution in [0.2, 0.25) is 0 Å². The van der Waals surface area contributed by atoms with Crippen molar-refractivity contribution in [2.24, 2.45) is 0 Å². The summed E-state index contributed by atoms with van der Waals surface area (Å²) in [6.45, 7) is 4.45. The van der Waals surface area contributed by atoms with Crippen LogP contribution >= 0.6 is 0 Å². The highest BCUT2D eigenvalue weighted by Crippen LogP contribution is 2.22. The summed E-state index contributed by atoms with van der Waals surface area (Å²) in [5.74, 6) is -0.458. The molecule has 0 spiro atoms. The summed E-state index contributed by atoms with van der Waals surface area (Å²) in [5.41, 5.74) is 3.89. The Morgan fingerprint density at radius 2 is 1.54 bits per heavy atom. The van der Waals surface area contributed by atoms with Gasteiger partial charge in [-0.25, -0.2) is 0 Å². The van der Waals surface area contributed by atoms with E-state index < -0.39 is 11.8 Å². The van der Waals surface area contributed by atoms with E-state index in [1.54, 1.807) is 7.11 Å². The molecule has 2 amide bonds. The number of hydrogen-bond acceptors (Lipinski definition) is 3. The van der Waals surface area contributed by atoms with Crippen LogP contribution in [0.5, 0.6) is 5.75 Å². The van der Waals surface area contributed by atoms with E-state index in [0.29, 0.717) is 13.0 Å². The topological polar surface area (TPSA) is 67.4 Å². The van der Waals surface area contributed by atoms with Crippen LogP contribution in [0.3, 0.4) is 0 Å². The summed E-state index contributed by atoms with van der Waals surface area (Å²) < 4.78 is 5.11. The van der Waals surface area contributed by atoms with Crippen LogP contribution in [0.1, 0.15) is 30.5 Å². The van der Waals surface area contributed by atoms with Crippen LogP contribution < -0.4 is 15.4 Å². The Morgan fingerprint density at radius 1 is 0.923 bits per heavy atom. The van der Waals surface area contributed by atoms with Crippen LogP contribution in [-0.2, 0) is 28.9 Å². The predicted molar refractivity (Wildman–Crippen MR) is 104 cm³/mol. The number of ether oxygens (including phenoxy) is 1. The first-order chi connectivity index (χ1) is 12.6. The minimum Gasteiger partial charge on any atom is -0.497 e. The first-order valence-corrected chi connectivity index (χ1v) is 8.91. The lowest BCUT2D eigenvalue weighted by atomic mass is 10.0. The molecule has 2 N–H and O–H groups in total. The van der Waals surface area contributed by atoms with Gasteiger partial charge in [0.05, 0.1) is 7.11 Å². The number of methoxy groups -OCH3 is 1. The number of anilines is 1. The molecule has 0 aliphatic carbocycles. The zero-order valence-corrected chi connectivity index (χ0v) is 15.6. The van der Waals surface area contributed by atoms with Gasteiger partial charge in [-0.2, -0.15) is 0 Å². The first kappa shape index (κ1) is 19.5. The molecule has 0 saturated heterocycles. The average Bonchev–Trinajstić information content (AvgIpc) is 2.68. The molecule has 0 fully saturated rings. The number of rotatable bonds is 7. The molecule has 0 bridgehead atoms. The zero-order valence-electron chi connectivity index (χ0n) is 15.6. The number of carbonyl (C=O) groups excluding carboxylic acids is 2. The van der Waals surface area contributed by atoms with Gasteiger partial charge < -0.3 is 15.4 Å². The monoisotopic (exact) mass is 354 g/mol. The van der Waals surface area contributed by atoms with Crippen molar-refractivity contribution >= 4 is 17.5 Å². The molecule has 5 heteroatoms. The Bertz CT molecular complexity index is 732. The number of nitrogens with one attached hydrogen (secondary N) is 2. The van der Waals surface area contributed by atoms with Gasteiger partial charge in [0.25, 0.3) is 0 Å². The molecule has 5 nitrogen and oxygen atoms in total. The minimum atomic E-state index is -0.629. The van der Waals surface area contributed by atoms with Crippen molar-refractivity contribution in [1.82, 2.24) is 5.32 Å². The van der Waals surface area contributed by atoms with E-state index >= 15 is 0 Å². The smallest absolute Gasteiger partial charge is 0.313 e. The van der Waals surface area contributed by atoms with Crippen molar-refractivity contribution < 1.29 is 14.3 Å². The number of carbonyl (C=O) groups is 2. The van der Waals surface area contributed by atoms with Gasteiger partial charge in [-0.1, -0.05) is 44.2 Å². The lowest BCUT2D eigenvalue weighted by Crippen LogP contribution is -2.36. The highest BCUT2D eigenvalue weighted by Gasteiger charge is 2.16. The second-order valence-electron chi connectivity index (χ2n) is 5.97. The number of para-hydroxylation sites is 1. The fourth-order valence-electron chi connectivity index (χ4n) is 2.77. The maximum atomic E-state index is 12.2. The van der Waals surface area contributed by atoms with Crippen LogP contribution in [-0.4, -0.2) is 25.5 Å². The summed E-state index contributed by atoms with van der Waals surface area (Å²) in [6.07, 6.45) is 2.24. The maximum absolute atomic E-state index is 12.2. The van der Waals surface area contributed by atoms with Gasteiger partial charge in [0, 0.05) is 12.2 Å². The molecular weight excluding hydrogens is 328 g/mol. The summed E-state index contributed by atoms with van der Waals surface area (Å²) in [7, 11) is 1.62. The van der Waals surface area contributed by atoms with E-state index in [1.165, 1.54) is 0 Å². The van der Waals surface area contributed by atoms with Crippen molar-refractivity contribution in [3.8, 4) is 5.75 Å². The van der Waals surface area contributed by atoms with Crippen LogP contribution in [0.25, 0.3) is 0 Å². The third-order valence-corrected chi connectivity index (χ3v) is 4.30.